The molecule has 29 heavy (non-hydrogen) atoms. The molecule has 0 aliphatic carbocycles. The van der Waals surface area contributed by atoms with Crippen LogP contribution in [0.3, 0.4) is 0 Å². The van der Waals surface area contributed by atoms with Crippen molar-refractivity contribution in [1.29, 1.82) is 0 Å². The van der Waals surface area contributed by atoms with Crippen molar-refractivity contribution >= 4 is 22.3 Å². The molecule has 1 aliphatic heterocycles. The summed E-state index contributed by atoms with van der Waals surface area (Å²) in [5.41, 5.74) is 3.29. The molecule has 0 amide bonds. The predicted octanol–water partition coefficient (Wildman–Crippen LogP) is 3.58. The molecule has 0 spiro atoms. The number of piperidine rings is 1. The molecule has 6 nitrogen and oxygen atoms in total. The maximum atomic E-state index is 4.55. The Morgan fingerprint density at radius 3 is 2.69 bits per heavy atom. The maximum Gasteiger partial charge on any atom is 0.191 e. The molecule has 0 radical (unpaired) electrons. The molecule has 0 unspecified atom stereocenters. The number of aliphatic imine (C=N–C) groups is 1. The second kappa shape index (κ2) is 9.13. The zero-order chi connectivity index (χ0) is 20.1. The molecule has 7 heteroatoms. The van der Waals surface area contributed by atoms with Crippen LogP contribution in [0.4, 0.5) is 5.00 Å². The van der Waals surface area contributed by atoms with E-state index in [1.54, 1.807) is 0 Å². The third kappa shape index (κ3) is 4.79. The largest absolute Gasteiger partial charge is 0.363 e. The monoisotopic (exact) mass is 408 g/mol. The fourth-order valence-electron chi connectivity index (χ4n) is 3.69. The zero-order valence-corrected chi connectivity index (χ0v) is 17.8. The highest BCUT2D eigenvalue weighted by atomic mass is 32.1. The number of para-hydroxylation sites is 1. The second-order valence-corrected chi connectivity index (χ2v) is 8.24. The third-order valence-electron chi connectivity index (χ3n) is 5.28. The lowest BCUT2D eigenvalue weighted by Crippen LogP contribution is -2.48. The number of anilines is 1. The number of hydrogen-bond donors (Lipinski definition) is 2. The molecule has 3 heterocycles. The van der Waals surface area contributed by atoms with Crippen molar-refractivity contribution in [3.8, 4) is 5.69 Å². The predicted molar refractivity (Wildman–Crippen MR) is 121 cm³/mol. The Morgan fingerprint density at radius 1 is 1.17 bits per heavy atom. The van der Waals surface area contributed by atoms with Crippen LogP contribution in [0.2, 0.25) is 0 Å². The van der Waals surface area contributed by atoms with E-state index in [2.05, 4.69) is 61.3 Å². The summed E-state index contributed by atoms with van der Waals surface area (Å²) in [6, 6.07) is 15.1. The lowest BCUT2D eigenvalue weighted by molar-refractivity contribution is 0.462. The highest BCUT2D eigenvalue weighted by molar-refractivity contribution is 7.14. The molecule has 1 saturated heterocycles. The van der Waals surface area contributed by atoms with Crippen molar-refractivity contribution in [3.05, 3.63) is 65.3 Å². The number of hydrogen-bond acceptors (Lipinski definition) is 4. The van der Waals surface area contributed by atoms with Gasteiger partial charge in [-0.2, -0.15) is 5.10 Å². The van der Waals surface area contributed by atoms with Crippen LogP contribution in [0.5, 0.6) is 0 Å². The third-order valence-corrected chi connectivity index (χ3v) is 6.21. The summed E-state index contributed by atoms with van der Waals surface area (Å²) >= 11 is 1.82. The Kier molecular flexibility index (Phi) is 6.14. The Balaban J connectivity index is 1.33. The van der Waals surface area contributed by atoms with Crippen molar-refractivity contribution in [2.24, 2.45) is 4.99 Å². The molecular weight excluding hydrogens is 380 g/mol. The van der Waals surface area contributed by atoms with Gasteiger partial charge < -0.3 is 15.5 Å². The number of aromatic nitrogens is 2. The van der Waals surface area contributed by atoms with Crippen molar-refractivity contribution < 1.29 is 0 Å². The van der Waals surface area contributed by atoms with Crippen molar-refractivity contribution in [3.63, 3.8) is 0 Å². The van der Waals surface area contributed by atoms with Crippen LogP contribution < -0.4 is 15.5 Å². The van der Waals surface area contributed by atoms with Gasteiger partial charge in [0.1, 0.15) is 0 Å². The van der Waals surface area contributed by atoms with Crippen LogP contribution in [0.1, 0.15) is 24.1 Å². The minimum Gasteiger partial charge on any atom is -0.363 e. The standard InChI is InChI=1S/C22H28N6S/c1-17-9-14-28(26-17)20-7-4-3-6-18(20)16-24-22(23-2)25-19-10-12-27(13-11-19)21-8-5-15-29-21/h3-9,14-15,19H,10-13,16H2,1-2H3,(H2,23,24,25). The highest BCUT2D eigenvalue weighted by Gasteiger charge is 2.20. The van der Waals surface area contributed by atoms with Crippen LogP contribution in [-0.4, -0.2) is 41.9 Å². The molecule has 1 aliphatic rings. The van der Waals surface area contributed by atoms with Crippen molar-refractivity contribution in [2.75, 3.05) is 25.0 Å². The van der Waals surface area contributed by atoms with E-state index in [0.717, 1.165) is 43.3 Å². The highest BCUT2D eigenvalue weighted by Crippen LogP contribution is 2.24. The zero-order valence-electron chi connectivity index (χ0n) is 17.0. The van der Waals surface area contributed by atoms with Crippen LogP contribution in [0.25, 0.3) is 5.69 Å². The molecule has 4 rings (SSSR count). The molecule has 3 aromatic rings. The molecule has 0 bridgehead atoms. The first-order valence-electron chi connectivity index (χ1n) is 10.1. The van der Waals surface area contributed by atoms with Gasteiger partial charge in [0.2, 0.25) is 0 Å². The smallest absolute Gasteiger partial charge is 0.191 e. The summed E-state index contributed by atoms with van der Waals surface area (Å²) in [5, 5.41) is 15.1. The van der Waals surface area contributed by atoms with E-state index in [9.17, 15) is 0 Å². The first kappa shape index (κ1) is 19.5. The van der Waals surface area contributed by atoms with Gasteiger partial charge in [-0.1, -0.05) is 18.2 Å². The Hall–Kier alpha value is -2.80. The summed E-state index contributed by atoms with van der Waals surface area (Å²) in [6.07, 6.45) is 4.23. The van der Waals surface area contributed by atoms with Gasteiger partial charge >= 0.3 is 0 Å². The Bertz CT molecular complexity index is 938. The SMILES string of the molecule is CN=C(NCc1ccccc1-n1ccc(C)n1)NC1CCN(c2cccs2)CC1. The molecular formula is C22H28N6S. The maximum absolute atomic E-state index is 4.55. The van der Waals surface area contributed by atoms with Gasteiger partial charge in [0.15, 0.2) is 5.96 Å². The number of aryl methyl sites for hydroxylation is 1. The van der Waals surface area contributed by atoms with Gasteiger partial charge in [0.25, 0.3) is 0 Å². The summed E-state index contributed by atoms with van der Waals surface area (Å²) in [6.45, 7) is 4.86. The molecule has 2 N–H and O–H groups in total. The van der Waals surface area contributed by atoms with E-state index in [1.165, 1.54) is 10.6 Å². The molecule has 0 atom stereocenters. The quantitative estimate of drug-likeness (QED) is 0.501. The number of rotatable bonds is 5. The van der Waals surface area contributed by atoms with E-state index in [1.807, 2.05) is 48.3 Å². The summed E-state index contributed by atoms with van der Waals surface area (Å²) in [4.78, 5) is 6.91. The fraction of sp³-hybridized carbons (Fsp3) is 0.364. The molecule has 1 fully saturated rings. The number of nitrogens with zero attached hydrogens (tertiary/aromatic N) is 4. The topological polar surface area (TPSA) is 57.5 Å². The van der Waals surface area contributed by atoms with E-state index in [4.69, 9.17) is 0 Å². The molecule has 152 valence electrons. The lowest BCUT2D eigenvalue weighted by atomic mass is 10.1. The van der Waals surface area contributed by atoms with Gasteiger partial charge in [-0.3, -0.25) is 4.99 Å². The van der Waals surface area contributed by atoms with Crippen LogP contribution in [0, 0.1) is 6.92 Å². The first-order chi connectivity index (χ1) is 14.2. The van der Waals surface area contributed by atoms with E-state index in [0.29, 0.717) is 12.6 Å². The second-order valence-electron chi connectivity index (χ2n) is 7.31. The van der Waals surface area contributed by atoms with Gasteiger partial charge in [0.05, 0.1) is 16.4 Å². The number of guanidine groups is 1. The van der Waals surface area contributed by atoms with E-state index < -0.39 is 0 Å². The molecule has 2 aromatic heterocycles. The number of thiophene rings is 1. The molecule has 0 saturated carbocycles. The summed E-state index contributed by atoms with van der Waals surface area (Å²) in [5.74, 6) is 0.853. The van der Waals surface area contributed by atoms with Gasteiger partial charge in [0, 0.05) is 38.9 Å². The normalized spacial score (nSPS) is 15.5. The van der Waals surface area contributed by atoms with E-state index in [-0.39, 0.29) is 0 Å². The number of benzene rings is 1. The Labute approximate surface area is 176 Å². The van der Waals surface area contributed by atoms with Gasteiger partial charge in [-0.15, -0.1) is 11.3 Å². The van der Waals surface area contributed by atoms with Crippen molar-refractivity contribution in [2.45, 2.75) is 32.4 Å². The minimum absolute atomic E-state index is 0.446. The van der Waals surface area contributed by atoms with Crippen molar-refractivity contribution in [1.82, 2.24) is 20.4 Å². The average Bonchev–Trinajstić information content (AvgIpc) is 3.44. The Morgan fingerprint density at radius 2 is 2.00 bits per heavy atom. The van der Waals surface area contributed by atoms with E-state index >= 15 is 0 Å². The summed E-state index contributed by atoms with van der Waals surface area (Å²) in [7, 11) is 1.83. The minimum atomic E-state index is 0.446. The lowest BCUT2D eigenvalue weighted by Gasteiger charge is -2.33. The van der Waals surface area contributed by atoms with Crippen LogP contribution >= 0.6 is 11.3 Å². The average molecular weight is 409 g/mol. The first-order valence-corrected chi connectivity index (χ1v) is 11.0. The fourth-order valence-corrected chi connectivity index (χ4v) is 4.48. The van der Waals surface area contributed by atoms with Gasteiger partial charge in [-0.05, 0) is 55.0 Å². The van der Waals surface area contributed by atoms with Crippen LogP contribution in [-0.2, 0) is 6.54 Å². The van der Waals surface area contributed by atoms with Crippen LogP contribution in [0.15, 0.2) is 59.0 Å². The van der Waals surface area contributed by atoms with Gasteiger partial charge in [-0.25, -0.2) is 4.68 Å². The summed E-state index contributed by atoms with van der Waals surface area (Å²) < 4.78 is 1.93. The number of nitrogens with one attached hydrogen (secondary N) is 2. The molecule has 1 aromatic carbocycles.